The van der Waals surface area contributed by atoms with Crippen LogP contribution < -0.4 is 0 Å². The fourth-order valence-electron chi connectivity index (χ4n) is 4.42. The smallest absolute Gasteiger partial charge is 0.257 e. The first kappa shape index (κ1) is 19.8. The van der Waals surface area contributed by atoms with Gasteiger partial charge in [0.15, 0.2) is 0 Å². The van der Waals surface area contributed by atoms with E-state index in [1.807, 2.05) is 52.3 Å². The predicted octanol–water partition coefficient (Wildman–Crippen LogP) is 3.10. The summed E-state index contributed by atoms with van der Waals surface area (Å²) in [7, 11) is 0. The van der Waals surface area contributed by atoms with Crippen molar-refractivity contribution in [2.45, 2.75) is 19.3 Å². The van der Waals surface area contributed by atoms with E-state index in [1.165, 1.54) is 6.42 Å². The molecule has 2 saturated heterocycles. The van der Waals surface area contributed by atoms with Crippen LogP contribution >= 0.6 is 0 Å². The first-order valence-corrected chi connectivity index (χ1v) is 11.0. The van der Waals surface area contributed by atoms with Gasteiger partial charge in [0.1, 0.15) is 0 Å². The van der Waals surface area contributed by atoms with Gasteiger partial charge in [-0.3, -0.25) is 9.59 Å². The van der Waals surface area contributed by atoms with Gasteiger partial charge < -0.3 is 14.5 Å². The van der Waals surface area contributed by atoms with Crippen LogP contribution in [0.25, 0.3) is 16.8 Å². The molecule has 0 spiro atoms. The van der Waals surface area contributed by atoms with Crippen LogP contribution in [0.15, 0.2) is 48.7 Å². The number of fused-ring (bicyclic) bond motifs is 1. The summed E-state index contributed by atoms with van der Waals surface area (Å²) in [6, 6.07) is 13.4. The average Bonchev–Trinajstić information content (AvgIpc) is 3.28. The molecule has 2 amide bonds. The minimum atomic E-state index is 0.0127. The van der Waals surface area contributed by atoms with E-state index in [0.29, 0.717) is 37.4 Å². The largest absolute Gasteiger partial charge is 0.378 e. The van der Waals surface area contributed by atoms with E-state index in [1.54, 1.807) is 10.7 Å². The molecule has 2 fully saturated rings. The lowest BCUT2D eigenvalue weighted by Crippen LogP contribution is -2.40. The van der Waals surface area contributed by atoms with Gasteiger partial charge in [0.05, 0.1) is 36.2 Å². The summed E-state index contributed by atoms with van der Waals surface area (Å²) in [6.45, 7) is 3.99. The molecular formula is C24H26N4O3. The molecule has 1 aromatic carbocycles. The number of carbonyl (C=O) groups is 2. The number of nitrogens with zero attached hydrogens (tertiary/aromatic N) is 4. The standard InChI is InChI=1S/C24H26N4O3/c29-23(27-12-14-31-15-13-27)19-7-4-6-18(16-19)21-8-5-9-22-20(17-25-28(21)22)24(30)26-10-2-1-3-11-26/h4-9,16-17H,1-3,10-15H2. The lowest BCUT2D eigenvalue weighted by atomic mass is 10.1. The van der Waals surface area contributed by atoms with Gasteiger partial charge in [-0.2, -0.15) is 5.10 Å². The monoisotopic (exact) mass is 418 g/mol. The van der Waals surface area contributed by atoms with Crippen molar-refractivity contribution in [1.82, 2.24) is 19.4 Å². The van der Waals surface area contributed by atoms with Crippen LogP contribution in [0.5, 0.6) is 0 Å². The Kier molecular flexibility index (Phi) is 5.42. The van der Waals surface area contributed by atoms with Gasteiger partial charge in [-0.15, -0.1) is 0 Å². The van der Waals surface area contributed by atoms with Crippen LogP contribution in [-0.2, 0) is 4.74 Å². The Morgan fingerprint density at radius 1 is 0.839 bits per heavy atom. The van der Waals surface area contributed by atoms with Gasteiger partial charge in [0, 0.05) is 37.3 Å². The highest BCUT2D eigenvalue weighted by Gasteiger charge is 2.23. The molecule has 2 aliphatic heterocycles. The number of likely N-dealkylation sites (tertiary alicyclic amines) is 1. The minimum Gasteiger partial charge on any atom is -0.378 e. The molecule has 7 nitrogen and oxygen atoms in total. The zero-order chi connectivity index (χ0) is 21.2. The summed E-state index contributed by atoms with van der Waals surface area (Å²) < 4.78 is 7.16. The molecule has 31 heavy (non-hydrogen) atoms. The summed E-state index contributed by atoms with van der Waals surface area (Å²) in [5, 5.41) is 4.53. The number of aromatic nitrogens is 2. The minimum absolute atomic E-state index is 0.0127. The van der Waals surface area contributed by atoms with E-state index in [-0.39, 0.29) is 11.8 Å². The number of piperidine rings is 1. The molecule has 4 heterocycles. The Balaban J connectivity index is 1.47. The summed E-state index contributed by atoms with van der Waals surface area (Å²) in [4.78, 5) is 29.7. The number of carbonyl (C=O) groups excluding carboxylic acids is 2. The Morgan fingerprint density at radius 2 is 1.58 bits per heavy atom. The average molecular weight is 418 g/mol. The topological polar surface area (TPSA) is 67.2 Å². The molecule has 0 bridgehead atoms. The highest BCUT2D eigenvalue weighted by Crippen LogP contribution is 2.25. The van der Waals surface area contributed by atoms with Gasteiger partial charge in [-0.1, -0.05) is 18.2 Å². The van der Waals surface area contributed by atoms with Gasteiger partial charge in [-0.05, 0) is 43.5 Å². The van der Waals surface area contributed by atoms with Crippen molar-refractivity contribution in [2.24, 2.45) is 0 Å². The Hall–Kier alpha value is -3.19. The fourth-order valence-corrected chi connectivity index (χ4v) is 4.42. The number of rotatable bonds is 3. The fraction of sp³-hybridized carbons (Fsp3) is 0.375. The van der Waals surface area contributed by atoms with Crippen molar-refractivity contribution in [3.63, 3.8) is 0 Å². The predicted molar refractivity (Wildman–Crippen MR) is 117 cm³/mol. The van der Waals surface area contributed by atoms with Gasteiger partial charge in [0.25, 0.3) is 11.8 Å². The molecule has 2 aliphatic rings. The molecule has 5 rings (SSSR count). The summed E-state index contributed by atoms with van der Waals surface area (Å²) in [5.41, 5.74) is 3.81. The highest BCUT2D eigenvalue weighted by atomic mass is 16.5. The van der Waals surface area contributed by atoms with E-state index in [2.05, 4.69) is 5.10 Å². The molecule has 2 aromatic heterocycles. The number of hydrogen-bond acceptors (Lipinski definition) is 4. The Labute approximate surface area is 181 Å². The van der Waals surface area contributed by atoms with Crippen LogP contribution in [-0.4, -0.2) is 70.6 Å². The number of pyridine rings is 1. The molecule has 3 aromatic rings. The molecule has 0 aliphatic carbocycles. The molecule has 0 unspecified atom stereocenters. The van der Waals surface area contributed by atoms with Crippen LogP contribution in [0, 0.1) is 0 Å². The van der Waals surface area contributed by atoms with Gasteiger partial charge in [-0.25, -0.2) is 4.52 Å². The molecule has 0 radical (unpaired) electrons. The maximum absolute atomic E-state index is 13.1. The number of hydrogen-bond donors (Lipinski definition) is 0. The summed E-state index contributed by atoms with van der Waals surface area (Å²) in [6.07, 6.45) is 4.96. The lowest BCUT2D eigenvalue weighted by Gasteiger charge is -2.27. The maximum atomic E-state index is 13.1. The SMILES string of the molecule is O=C(c1cccc(-c2cccc3c(C(=O)N4CCCCC4)cnn23)c1)N1CCOCC1. The van der Waals surface area contributed by atoms with Crippen LogP contribution in [0.3, 0.4) is 0 Å². The van der Waals surface area contributed by atoms with E-state index in [0.717, 1.165) is 42.7 Å². The second kappa shape index (κ2) is 8.51. The Bertz CT molecular complexity index is 1110. The molecule has 0 saturated carbocycles. The quantitative estimate of drug-likeness (QED) is 0.656. The lowest BCUT2D eigenvalue weighted by molar-refractivity contribution is 0.0303. The third-order valence-electron chi connectivity index (χ3n) is 6.12. The normalized spacial score (nSPS) is 17.2. The zero-order valence-corrected chi connectivity index (χ0v) is 17.5. The third-order valence-corrected chi connectivity index (χ3v) is 6.12. The summed E-state index contributed by atoms with van der Waals surface area (Å²) in [5.74, 6) is 0.0573. The molecule has 0 atom stereocenters. The highest BCUT2D eigenvalue weighted by molar-refractivity contribution is 6.01. The van der Waals surface area contributed by atoms with Crippen molar-refractivity contribution in [2.75, 3.05) is 39.4 Å². The second-order valence-corrected chi connectivity index (χ2v) is 8.10. The van der Waals surface area contributed by atoms with E-state index >= 15 is 0 Å². The third kappa shape index (κ3) is 3.81. The van der Waals surface area contributed by atoms with E-state index in [9.17, 15) is 9.59 Å². The molecule has 160 valence electrons. The first-order chi connectivity index (χ1) is 15.2. The first-order valence-electron chi connectivity index (χ1n) is 11.0. The van der Waals surface area contributed by atoms with Gasteiger partial charge in [0.2, 0.25) is 0 Å². The second-order valence-electron chi connectivity index (χ2n) is 8.10. The van der Waals surface area contributed by atoms with E-state index in [4.69, 9.17) is 4.74 Å². The van der Waals surface area contributed by atoms with Crippen LogP contribution in [0.2, 0.25) is 0 Å². The van der Waals surface area contributed by atoms with Crippen molar-refractivity contribution < 1.29 is 14.3 Å². The number of benzene rings is 1. The Morgan fingerprint density at radius 3 is 2.39 bits per heavy atom. The number of amides is 2. The maximum Gasteiger partial charge on any atom is 0.257 e. The van der Waals surface area contributed by atoms with Gasteiger partial charge >= 0.3 is 0 Å². The number of ether oxygens (including phenoxy) is 1. The molecular weight excluding hydrogens is 392 g/mol. The molecule has 7 heteroatoms. The molecule has 0 N–H and O–H groups in total. The van der Waals surface area contributed by atoms with Crippen LogP contribution in [0.1, 0.15) is 40.0 Å². The van der Waals surface area contributed by atoms with Crippen molar-refractivity contribution >= 4 is 17.3 Å². The van der Waals surface area contributed by atoms with Crippen molar-refractivity contribution in [3.8, 4) is 11.3 Å². The summed E-state index contributed by atoms with van der Waals surface area (Å²) >= 11 is 0. The zero-order valence-electron chi connectivity index (χ0n) is 17.5. The van der Waals surface area contributed by atoms with Crippen LogP contribution in [0.4, 0.5) is 0 Å². The van der Waals surface area contributed by atoms with E-state index < -0.39 is 0 Å². The van der Waals surface area contributed by atoms with Crippen molar-refractivity contribution in [1.29, 1.82) is 0 Å². The number of morpholine rings is 1. The van der Waals surface area contributed by atoms with Crippen molar-refractivity contribution in [3.05, 3.63) is 59.8 Å².